The van der Waals surface area contributed by atoms with E-state index in [1.165, 1.54) is 24.3 Å². The predicted molar refractivity (Wildman–Crippen MR) is 71.4 cm³/mol. The van der Waals surface area contributed by atoms with Gasteiger partial charge in [-0.2, -0.15) is 8.78 Å². The summed E-state index contributed by atoms with van der Waals surface area (Å²) in [5.41, 5.74) is 0.0168. The van der Waals surface area contributed by atoms with Crippen molar-refractivity contribution < 1.29 is 28.6 Å². The van der Waals surface area contributed by atoms with E-state index < -0.39 is 29.8 Å². The predicted octanol–water partition coefficient (Wildman–Crippen LogP) is 1.66. The van der Waals surface area contributed by atoms with Gasteiger partial charge in [0.15, 0.2) is 0 Å². The number of aliphatic carboxylic acids is 1. The molecule has 1 aromatic rings. The first-order valence-electron chi connectivity index (χ1n) is 6.16. The van der Waals surface area contributed by atoms with Crippen LogP contribution in [0.5, 0.6) is 0 Å². The van der Waals surface area contributed by atoms with Crippen LogP contribution in [0.2, 0.25) is 0 Å². The first kappa shape index (κ1) is 15.7. The van der Waals surface area contributed by atoms with Crippen molar-refractivity contribution in [3.63, 3.8) is 0 Å². The maximum atomic E-state index is 12.5. The third-order valence-electron chi connectivity index (χ3n) is 3.16. The van der Waals surface area contributed by atoms with E-state index >= 15 is 0 Å². The van der Waals surface area contributed by atoms with Crippen molar-refractivity contribution in [3.05, 3.63) is 29.8 Å². The van der Waals surface area contributed by atoms with Crippen LogP contribution in [-0.4, -0.2) is 51.4 Å². The van der Waals surface area contributed by atoms with Gasteiger partial charge >= 0.3 is 5.97 Å². The van der Waals surface area contributed by atoms with E-state index in [0.29, 0.717) is 0 Å². The average molecular weight is 317 g/mol. The highest BCUT2D eigenvalue weighted by Gasteiger charge is 2.39. The van der Waals surface area contributed by atoms with Crippen LogP contribution in [0.1, 0.15) is 16.8 Å². The lowest BCUT2D eigenvalue weighted by Gasteiger charge is -2.22. The monoisotopic (exact) mass is 317 g/mol. The van der Waals surface area contributed by atoms with E-state index in [-0.39, 0.29) is 35.2 Å². The third kappa shape index (κ3) is 3.51. The van der Waals surface area contributed by atoms with E-state index in [1.54, 1.807) is 0 Å². The summed E-state index contributed by atoms with van der Waals surface area (Å²) in [6.45, 7) is -0.122. The Labute approximate surface area is 123 Å². The maximum Gasteiger partial charge on any atom is 0.326 e. The van der Waals surface area contributed by atoms with Gasteiger partial charge in [-0.05, 0) is 12.1 Å². The molecule has 1 unspecified atom stereocenters. The van der Waals surface area contributed by atoms with Crippen molar-refractivity contribution >= 4 is 23.6 Å². The van der Waals surface area contributed by atoms with Crippen LogP contribution >= 0.6 is 11.8 Å². The zero-order valence-electron chi connectivity index (χ0n) is 10.8. The van der Waals surface area contributed by atoms with Gasteiger partial charge < -0.3 is 15.1 Å². The summed E-state index contributed by atoms with van der Waals surface area (Å²) in [6.07, 6.45) is -0.990. The van der Waals surface area contributed by atoms with Crippen molar-refractivity contribution in [2.24, 2.45) is 0 Å². The number of alkyl halides is 2. The number of carboxylic acid groups (broad SMARTS) is 1. The highest BCUT2D eigenvalue weighted by atomic mass is 32.2. The van der Waals surface area contributed by atoms with Crippen molar-refractivity contribution in [3.8, 4) is 0 Å². The van der Waals surface area contributed by atoms with Gasteiger partial charge in [0.1, 0.15) is 6.04 Å². The number of benzene rings is 1. The molecule has 1 fully saturated rings. The summed E-state index contributed by atoms with van der Waals surface area (Å²) >= 11 is 0.232. The molecule has 2 atom stereocenters. The lowest BCUT2D eigenvalue weighted by atomic mass is 10.1. The standard InChI is InChI=1S/C13H13F2NO4S/c14-13(15)21-10-4-2-1-3-8(10)11(18)16-6-7(17)5-9(16)12(19)20/h1-4,7,9,13,17H,5-6H2,(H,19,20)/t7?,9-/m0/s1. The SMILES string of the molecule is O=C(O)[C@@H]1CC(O)CN1C(=O)c1ccccc1SC(F)F. The molecule has 2 rings (SSSR count). The van der Waals surface area contributed by atoms with Crippen molar-refractivity contribution in [2.45, 2.75) is 29.2 Å². The number of carboxylic acids is 1. The van der Waals surface area contributed by atoms with Gasteiger partial charge in [0, 0.05) is 17.9 Å². The van der Waals surface area contributed by atoms with Crippen molar-refractivity contribution in [2.75, 3.05) is 6.54 Å². The topological polar surface area (TPSA) is 77.8 Å². The van der Waals surface area contributed by atoms with Gasteiger partial charge in [-0.15, -0.1) is 0 Å². The summed E-state index contributed by atoms with van der Waals surface area (Å²) in [5, 5.41) is 18.6. The van der Waals surface area contributed by atoms with Crippen LogP contribution in [0.3, 0.4) is 0 Å². The smallest absolute Gasteiger partial charge is 0.326 e. The number of hydrogen-bond acceptors (Lipinski definition) is 4. The number of likely N-dealkylation sites (tertiary alicyclic amines) is 1. The Kier molecular flexibility index (Phi) is 4.79. The first-order chi connectivity index (χ1) is 9.90. The zero-order chi connectivity index (χ0) is 15.6. The number of thioether (sulfide) groups is 1. The number of hydrogen-bond donors (Lipinski definition) is 2. The van der Waals surface area contributed by atoms with Gasteiger partial charge in [-0.25, -0.2) is 4.79 Å². The molecule has 1 aromatic carbocycles. The highest BCUT2D eigenvalue weighted by Crippen LogP contribution is 2.30. The molecule has 1 aliphatic rings. The van der Waals surface area contributed by atoms with Crippen molar-refractivity contribution in [1.82, 2.24) is 4.90 Å². The van der Waals surface area contributed by atoms with E-state index in [1.807, 2.05) is 0 Å². The van der Waals surface area contributed by atoms with Crippen LogP contribution < -0.4 is 0 Å². The average Bonchev–Trinajstić information content (AvgIpc) is 2.80. The molecule has 21 heavy (non-hydrogen) atoms. The number of aliphatic hydroxyl groups excluding tert-OH is 1. The van der Waals surface area contributed by atoms with Crippen LogP contribution in [0.4, 0.5) is 8.78 Å². The van der Waals surface area contributed by atoms with E-state index in [2.05, 4.69) is 0 Å². The summed E-state index contributed by atoms with van der Waals surface area (Å²) in [4.78, 5) is 24.6. The van der Waals surface area contributed by atoms with Crippen LogP contribution in [-0.2, 0) is 4.79 Å². The molecule has 1 amide bonds. The first-order valence-corrected chi connectivity index (χ1v) is 7.03. The number of carbonyl (C=O) groups is 2. The normalized spacial score (nSPS) is 21.8. The van der Waals surface area contributed by atoms with Gasteiger partial charge in [0.05, 0.1) is 11.7 Å². The van der Waals surface area contributed by atoms with Gasteiger partial charge in [-0.3, -0.25) is 4.79 Å². The molecule has 5 nitrogen and oxygen atoms in total. The Hall–Kier alpha value is -1.67. The quantitative estimate of drug-likeness (QED) is 0.826. The molecule has 0 bridgehead atoms. The summed E-state index contributed by atoms with van der Waals surface area (Å²) in [5.74, 6) is -4.57. The number of nitrogens with zero attached hydrogens (tertiary/aromatic N) is 1. The fourth-order valence-electron chi connectivity index (χ4n) is 2.27. The fraction of sp³-hybridized carbons (Fsp3) is 0.385. The lowest BCUT2D eigenvalue weighted by Crippen LogP contribution is -2.40. The molecule has 0 radical (unpaired) electrons. The second-order valence-electron chi connectivity index (χ2n) is 4.58. The van der Waals surface area contributed by atoms with E-state index in [0.717, 1.165) is 4.90 Å². The zero-order valence-corrected chi connectivity index (χ0v) is 11.6. The van der Waals surface area contributed by atoms with Gasteiger partial charge in [0.25, 0.3) is 11.7 Å². The molecule has 1 saturated heterocycles. The van der Waals surface area contributed by atoms with Crippen LogP contribution in [0.15, 0.2) is 29.2 Å². The number of carbonyl (C=O) groups excluding carboxylic acids is 1. The molecule has 8 heteroatoms. The highest BCUT2D eigenvalue weighted by molar-refractivity contribution is 7.99. The van der Waals surface area contributed by atoms with E-state index in [9.17, 15) is 23.5 Å². The Balaban J connectivity index is 2.29. The Bertz CT molecular complexity index is 555. The van der Waals surface area contributed by atoms with Crippen LogP contribution in [0.25, 0.3) is 0 Å². The number of rotatable bonds is 4. The van der Waals surface area contributed by atoms with Crippen molar-refractivity contribution in [1.29, 1.82) is 0 Å². The van der Waals surface area contributed by atoms with Crippen LogP contribution in [0, 0.1) is 0 Å². The minimum absolute atomic E-state index is 0.0168. The maximum absolute atomic E-state index is 12.5. The second-order valence-corrected chi connectivity index (χ2v) is 5.61. The fourth-order valence-corrected chi connectivity index (χ4v) is 2.90. The number of β-amino-alcohol motifs (C(OH)–C–C–N with tert-alkyl or cyclic N) is 1. The lowest BCUT2D eigenvalue weighted by molar-refractivity contribution is -0.141. The van der Waals surface area contributed by atoms with Gasteiger partial charge in [0.2, 0.25) is 0 Å². The summed E-state index contributed by atoms with van der Waals surface area (Å²) in [6, 6.07) is 4.65. The van der Waals surface area contributed by atoms with Gasteiger partial charge in [-0.1, -0.05) is 23.9 Å². The molecule has 114 valence electrons. The number of aliphatic hydroxyl groups is 1. The molecule has 1 heterocycles. The molecule has 0 aliphatic carbocycles. The molecule has 0 aromatic heterocycles. The molecule has 1 aliphatic heterocycles. The Morgan fingerprint density at radius 2 is 2.00 bits per heavy atom. The summed E-state index contributed by atoms with van der Waals surface area (Å²) < 4.78 is 25.0. The number of amides is 1. The molecule has 0 spiro atoms. The third-order valence-corrected chi connectivity index (χ3v) is 3.95. The minimum Gasteiger partial charge on any atom is -0.480 e. The van der Waals surface area contributed by atoms with E-state index in [4.69, 9.17) is 5.11 Å². The molecular weight excluding hydrogens is 304 g/mol. The largest absolute Gasteiger partial charge is 0.480 e. The second kappa shape index (κ2) is 6.40. The minimum atomic E-state index is -2.68. The Morgan fingerprint density at radius 3 is 2.62 bits per heavy atom. The summed E-state index contributed by atoms with van der Waals surface area (Å²) in [7, 11) is 0. The number of halogens is 2. The molecule has 2 N–H and O–H groups in total. The molecular formula is C13H13F2NO4S. The molecule has 0 saturated carbocycles. The Morgan fingerprint density at radius 1 is 1.33 bits per heavy atom.